The first-order chi connectivity index (χ1) is 9.59. The Hall–Kier alpha value is -0.930. The summed E-state index contributed by atoms with van der Waals surface area (Å²) >= 11 is 3.10. The fourth-order valence-corrected chi connectivity index (χ4v) is 4.76. The lowest BCUT2D eigenvalue weighted by atomic mass is 10.2. The van der Waals surface area contributed by atoms with Crippen molar-refractivity contribution >= 4 is 41.6 Å². The van der Waals surface area contributed by atoms with Gasteiger partial charge in [-0.3, -0.25) is 0 Å². The summed E-state index contributed by atoms with van der Waals surface area (Å²) in [6, 6.07) is 3.85. The molecule has 1 aromatic carbocycles. The highest BCUT2D eigenvalue weighted by Gasteiger charge is 2.23. The molecule has 118 valence electrons. The smallest absolute Gasteiger partial charge is 0.337 e. The van der Waals surface area contributed by atoms with Crippen molar-refractivity contribution in [1.82, 2.24) is 0 Å². The molecular formula is C12H15BrO6S2. The molecule has 0 aliphatic heterocycles. The molecular weight excluding hydrogens is 384 g/mol. The molecule has 0 aromatic heterocycles. The first-order valence-corrected chi connectivity index (χ1v) is 10.3. The Labute approximate surface area is 132 Å². The highest BCUT2D eigenvalue weighted by atomic mass is 79.9. The van der Waals surface area contributed by atoms with Gasteiger partial charge >= 0.3 is 5.97 Å². The zero-order valence-electron chi connectivity index (χ0n) is 11.2. The number of benzene rings is 1. The largest absolute Gasteiger partial charge is 0.478 e. The van der Waals surface area contributed by atoms with Crippen LogP contribution in [0.5, 0.6) is 0 Å². The number of carbonyl (C=O) groups is 1. The van der Waals surface area contributed by atoms with E-state index < -0.39 is 31.4 Å². The van der Waals surface area contributed by atoms with Crippen LogP contribution in [0.15, 0.2) is 27.6 Å². The van der Waals surface area contributed by atoms with Crippen molar-refractivity contribution in [2.45, 2.75) is 18.2 Å². The van der Waals surface area contributed by atoms with Crippen molar-refractivity contribution in [2.75, 3.05) is 17.3 Å². The van der Waals surface area contributed by atoms with Gasteiger partial charge in [0, 0.05) is 10.2 Å². The molecule has 0 heterocycles. The summed E-state index contributed by atoms with van der Waals surface area (Å²) in [7, 11) is -7.11. The van der Waals surface area contributed by atoms with Crippen LogP contribution in [-0.2, 0) is 19.7 Å². The third-order valence-electron chi connectivity index (χ3n) is 2.82. The van der Waals surface area contributed by atoms with Crippen LogP contribution in [0.25, 0.3) is 0 Å². The van der Waals surface area contributed by atoms with Crippen molar-refractivity contribution in [2.24, 2.45) is 0 Å². The average Bonchev–Trinajstić information content (AvgIpc) is 2.37. The van der Waals surface area contributed by atoms with Crippen LogP contribution < -0.4 is 0 Å². The van der Waals surface area contributed by atoms with Crippen molar-refractivity contribution < 1.29 is 26.7 Å². The Balaban J connectivity index is 3.03. The minimum atomic E-state index is -3.86. The molecule has 0 aliphatic carbocycles. The lowest BCUT2D eigenvalue weighted by molar-refractivity contribution is 0.0692. The van der Waals surface area contributed by atoms with Gasteiger partial charge in [-0.05, 0) is 24.6 Å². The summed E-state index contributed by atoms with van der Waals surface area (Å²) in [5.74, 6) is -2.05. The molecule has 0 spiro atoms. The van der Waals surface area contributed by atoms with E-state index in [1.165, 1.54) is 25.1 Å². The number of aromatic carboxylic acids is 1. The van der Waals surface area contributed by atoms with E-state index in [1.54, 1.807) is 0 Å². The standard InChI is InChI=1S/C12H15BrO6S2/c1-2-20(16,17)6-3-7-21(18,19)11-8-9(13)4-5-10(11)12(14)15/h4-5,8H,2-3,6-7H2,1H3,(H,14,15). The zero-order valence-corrected chi connectivity index (χ0v) is 14.5. The third-order valence-corrected chi connectivity index (χ3v) is 6.93. The van der Waals surface area contributed by atoms with E-state index in [0.29, 0.717) is 4.47 Å². The quantitative estimate of drug-likeness (QED) is 0.749. The number of sulfone groups is 2. The summed E-state index contributed by atoms with van der Waals surface area (Å²) < 4.78 is 47.6. The molecule has 0 aliphatic rings. The van der Waals surface area contributed by atoms with Crippen molar-refractivity contribution in [1.29, 1.82) is 0 Å². The van der Waals surface area contributed by atoms with E-state index in [0.717, 1.165) is 0 Å². The Kier molecular flexibility index (Phi) is 5.94. The second-order valence-electron chi connectivity index (χ2n) is 4.35. The molecule has 1 N–H and O–H groups in total. The number of hydrogen-bond acceptors (Lipinski definition) is 5. The maximum absolute atomic E-state index is 12.2. The number of rotatable bonds is 7. The molecule has 1 aromatic rings. The third kappa shape index (κ3) is 5.08. The van der Waals surface area contributed by atoms with Gasteiger partial charge in [-0.25, -0.2) is 21.6 Å². The molecule has 0 unspecified atom stereocenters. The van der Waals surface area contributed by atoms with Crippen LogP contribution >= 0.6 is 15.9 Å². The van der Waals surface area contributed by atoms with Crippen molar-refractivity contribution in [3.8, 4) is 0 Å². The number of carboxylic acid groups (broad SMARTS) is 1. The molecule has 21 heavy (non-hydrogen) atoms. The lowest BCUT2D eigenvalue weighted by Gasteiger charge is -2.08. The molecule has 0 saturated carbocycles. The molecule has 0 fully saturated rings. The lowest BCUT2D eigenvalue weighted by Crippen LogP contribution is -2.16. The second-order valence-corrected chi connectivity index (χ2v) is 9.82. The maximum Gasteiger partial charge on any atom is 0.337 e. The van der Waals surface area contributed by atoms with Gasteiger partial charge in [0.25, 0.3) is 0 Å². The van der Waals surface area contributed by atoms with Crippen LogP contribution in [-0.4, -0.2) is 45.2 Å². The second kappa shape index (κ2) is 6.89. The minimum absolute atomic E-state index is 0.0513. The van der Waals surface area contributed by atoms with Crippen LogP contribution in [0, 0.1) is 0 Å². The normalized spacial score (nSPS) is 12.3. The van der Waals surface area contributed by atoms with Crippen LogP contribution in [0.2, 0.25) is 0 Å². The Morgan fingerprint density at radius 3 is 2.33 bits per heavy atom. The van der Waals surface area contributed by atoms with Crippen LogP contribution in [0.3, 0.4) is 0 Å². The van der Waals surface area contributed by atoms with E-state index in [9.17, 15) is 21.6 Å². The number of hydrogen-bond donors (Lipinski definition) is 1. The first kappa shape index (κ1) is 18.1. The summed E-state index contributed by atoms with van der Waals surface area (Å²) in [4.78, 5) is 10.8. The summed E-state index contributed by atoms with van der Waals surface area (Å²) in [5.41, 5.74) is -0.323. The maximum atomic E-state index is 12.2. The first-order valence-electron chi connectivity index (χ1n) is 6.05. The highest BCUT2D eigenvalue weighted by molar-refractivity contribution is 9.10. The minimum Gasteiger partial charge on any atom is -0.478 e. The predicted molar refractivity (Wildman–Crippen MR) is 82.1 cm³/mol. The molecule has 0 saturated heterocycles. The van der Waals surface area contributed by atoms with E-state index in [-0.39, 0.29) is 28.4 Å². The van der Waals surface area contributed by atoms with Gasteiger partial charge in [-0.2, -0.15) is 0 Å². The average molecular weight is 399 g/mol. The van der Waals surface area contributed by atoms with Gasteiger partial charge in [-0.1, -0.05) is 22.9 Å². The molecule has 9 heteroatoms. The van der Waals surface area contributed by atoms with Gasteiger partial charge in [0.1, 0.15) is 9.84 Å². The van der Waals surface area contributed by atoms with Gasteiger partial charge < -0.3 is 5.11 Å². The molecule has 0 radical (unpaired) electrons. The summed E-state index contributed by atoms with van der Waals surface area (Å²) in [5, 5.41) is 9.04. The fraction of sp³-hybridized carbons (Fsp3) is 0.417. The molecule has 1 rings (SSSR count). The topological polar surface area (TPSA) is 106 Å². The fourth-order valence-electron chi connectivity index (χ4n) is 1.65. The molecule has 0 bridgehead atoms. The Bertz CT molecular complexity index is 737. The SMILES string of the molecule is CCS(=O)(=O)CCCS(=O)(=O)c1cc(Br)ccc1C(=O)O. The Morgan fingerprint density at radius 1 is 1.19 bits per heavy atom. The van der Waals surface area contributed by atoms with Gasteiger partial charge in [0.05, 0.1) is 22.0 Å². The summed E-state index contributed by atoms with van der Waals surface area (Å²) in [6.45, 7) is 1.49. The number of halogens is 1. The molecule has 0 amide bonds. The van der Waals surface area contributed by atoms with Gasteiger partial charge in [0.15, 0.2) is 9.84 Å². The van der Waals surface area contributed by atoms with Crippen molar-refractivity contribution in [3.05, 3.63) is 28.2 Å². The molecule has 0 atom stereocenters. The monoisotopic (exact) mass is 398 g/mol. The van der Waals surface area contributed by atoms with E-state index >= 15 is 0 Å². The van der Waals surface area contributed by atoms with Gasteiger partial charge in [0.2, 0.25) is 0 Å². The van der Waals surface area contributed by atoms with Crippen LogP contribution in [0.4, 0.5) is 0 Å². The predicted octanol–water partition coefficient (Wildman–Crippen LogP) is 1.75. The summed E-state index contributed by atoms with van der Waals surface area (Å²) in [6.07, 6.45) is -0.0654. The highest BCUT2D eigenvalue weighted by Crippen LogP contribution is 2.23. The van der Waals surface area contributed by atoms with E-state index in [2.05, 4.69) is 15.9 Å². The van der Waals surface area contributed by atoms with E-state index in [4.69, 9.17) is 5.11 Å². The van der Waals surface area contributed by atoms with Crippen LogP contribution in [0.1, 0.15) is 23.7 Å². The Morgan fingerprint density at radius 2 is 1.81 bits per heavy atom. The van der Waals surface area contributed by atoms with E-state index in [1.807, 2.05) is 0 Å². The molecule has 6 nitrogen and oxygen atoms in total. The zero-order chi connectivity index (χ0) is 16.3. The van der Waals surface area contributed by atoms with Gasteiger partial charge in [-0.15, -0.1) is 0 Å². The number of carboxylic acids is 1. The van der Waals surface area contributed by atoms with Crippen molar-refractivity contribution in [3.63, 3.8) is 0 Å².